The summed E-state index contributed by atoms with van der Waals surface area (Å²) >= 11 is 0. The molecule has 6 nitrogen and oxygen atoms in total. The van der Waals surface area contributed by atoms with Crippen LogP contribution in [0.3, 0.4) is 0 Å². The topological polar surface area (TPSA) is 66.4 Å². The number of hydrogen-bond donors (Lipinski definition) is 0. The third kappa shape index (κ3) is 2.71. The second-order valence-electron chi connectivity index (χ2n) is 6.42. The maximum Gasteiger partial charge on any atom is 0.190 e. The van der Waals surface area contributed by atoms with Gasteiger partial charge in [-0.15, -0.1) is 0 Å². The molecule has 4 atom stereocenters. The minimum absolute atomic E-state index is 0.00485. The molecule has 126 valence electrons. The lowest BCUT2D eigenvalue weighted by molar-refractivity contribution is -0.173. The van der Waals surface area contributed by atoms with Crippen LogP contribution in [0.15, 0.2) is 47.6 Å². The van der Waals surface area contributed by atoms with E-state index in [0.717, 1.165) is 10.9 Å². The number of hydrogen-bond acceptors (Lipinski definition) is 6. The van der Waals surface area contributed by atoms with E-state index in [2.05, 4.69) is 29.4 Å². The molecular formula is C18H19NO5. The molecule has 2 aliphatic heterocycles. The molecule has 0 amide bonds. The van der Waals surface area contributed by atoms with Gasteiger partial charge in [-0.2, -0.15) is 4.91 Å². The van der Waals surface area contributed by atoms with Crippen LogP contribution in [0, 0.1) is 4.91 Å². The first-order valence-corrected chi connectivity index (χ1v) is 7.99. The van der Waals surface area contributed by atoms with Gasteiger partial charge in [-0.1, -0.05) is 41.6 Å². The summed E-state index contributed by atoms with van der Waals surface area (Å²) in [7, 11) is 0. The highest BCUT2D eigenvalue weighted by Crippen LogP contribution is 2.39. The Labute approximate surface area is 139 Å². The fourth-order valence-corrected chi connectivity index (χ4v) is 3.41. The van der Waals surface area contributed by atoms with Crippen LogP contribution in [0.5, 0.6) is 0 Å². The number of nitroso groups, excluding NO2 is 1. The van der Waals surface area contributed by atoms with Crippen molar-refractivity contribution in [3.8, 4) is 0 Å². The second-order valence-corrected chi connectivity index (χ2v) is 6.42. The SMILES string of the molecule is C[C@]1(CN=O)O[C@@H]2OCO[C@@H]2[C@@H]1OCc1ccc2ccccc2c1. The van der Waals surface area contributed by atoms with Gasteiger partial charge in [0.25, 0.3) is 0 Å². The molecule has 0 N–H and O–H groups in total. The van der Waals surface area contributed by atoms with Crippen LogP contribution in [-0.2, 0) is 25.6 Å². The summed E-state index contributed by atoms with van der Waals surface area (Å²) in [5.41, 5.74) is 0.214. The predicted octanol–water partition coefficient (Wildman–Crippen LogP) is 2.98. The van der Waals surface area contributed by atoms with E-state index in [9.17, 15) is 4.91 Å². The molecule has 0 bridgehead atoms. The van der Waals surface area contributed by atoms with Gasteiger partial charge >= 0.3 is 0 Å². The molecule has 4 rings (SSSR count). The zero-order valence-corrected chi connectivity index (χ0v) is 13.4. The molecule has 24 heavy (non-hydrogen) atoms. The van der Waals surface area contributed by atoms with E-state index in [4.69, 9.17) is 18.9 Å². The molecular weight excluding hydrogens is 310 g/mol. The van der Waals surface area contributed by atoms with Gasteiger partial charge in [-0.05, 0) is 29.3 Å². The zero-order valence-electron chi connectivity index (χ0n) is 13.4. The number of ether oxygens (including phenoxy) is 4. The molecule has 0 radical (unpaired) electrons. The highest BCUT2D eigenvalue weighted by atomic mass is 16.8. The fraction of sp³-hybridized carbons (Fsp3) is 0.444. The lowest BCUT2D eigenvalue weighted by Gasteiger charge is -2.29. The number of fused-ring (bicyclic) bond motifs is 2. The Morgan fingerprint density at radius 3 is 2.88 bits per heavy atom. The summed E-state index contributed by atoms with van der Waals surface area (Å²) in [6.07, 6.45) is -1.25. The average molecular weight is 329 g/mol. The first kappa shape index (κ1) is 15.7. The van der Waals surface area contributed by atoms with Crippen LogP contribution >= 0.6 is 0 Å². The summed E-state index contributed by atoms with van der Waals surface area (Å²) in [6.45, 7) is 2.38. The lowest BCUT2D eigenvalue weighted by Crippen LogP contribution is -2.45. The molecule has 6 heteroatoms. The van der Waals surface area contributed by atoms with Gasteiger partial charge in [-0.25, -0.2) is 0 Å². The van der Waals surface area contributed by atoms with Crippen LogP contribution in [0.4, 0.5) is 0 Å². The first-order valence-electron chi connectivity index (χ1n) is 7.99. The maximum absolute atomic E-state index is 10.8. The summed E-state index contributed by atoms with van der Waals surface area (Å²) < 4.78 is 22.9. The van der Waals surface area contributed by atoms with Crippen molar-refractivity contribution in [1.82, 2.24) is 0 Å². The van der Waals surface area contributed by atoms with Gasteiger partial charge in [-0.3, -0.25) is 0 Å². The van der Waals surface area contributed by atoms with Gasteiger partial charge in [0, 0.05) is 0 Å². The van der Waals surface area contributed by atoms with E-state index in [0.29, 0.717) is 6.61 Å². The van der Waals surface area contributed by atoms with Crippen molar-refractivity contribution in [1.29, 1.82) is 0 Å². The van der Waals surface area contributed by atoms with Gasteiger partial charge in [0.15, 0.2) is 13.1 Å². The Bertz CT molecular complexity index is 751. The van der Waals surface area contributed by atoms with Gasteiger partial charge in [0.1, 0.15) is 24.4 Å². The van der Waals surface area contributed by atoms with E-state index >= 15 is 0 Å². The minimum Gasteiger partial charge on any atom is -0.368 e. The Hall–Kier alpha value is -1.86. The third-order valence-electron chi connectivity index (χ3n) is 4.67. The van der Waals surface area contributed by atoms with E-state index in [1.165, 1.54) is 5.39 Å². The summed E-state index contributed by atoms with van der Waals surface area (Å²) in [6, 6.07) is 14.4. The normalized spacial score (nSPS) is 32.1. The smallest absolute Gasteiger partial charge is 0.190 e. The van der Waals surface area contributed by atoms with E-state index < -0.39 is 18.0 Å². The van der Waals surface area contributed by atoms with Gasteiger partial charge in [0.05, 0.1) is 6.61 Å². The van der Waals surface area contributed by atoms with Crippen molar-refractivity contribution < 1.29 is 18.9 Å². The Morgan fingerprint density at radius 1 is 1.21 bits per heavy atom. The van der Waals surface area contributed by atoms with Crippen molar-refractivity contribution in [2.75, 3.05) is 13.3 Å². The second kappa shape index (κ2) is 6.22. The minimum atomic E-state index is -0.839. The quantitative estimate of drug-likeness (QED) is 0.789. The third-order valence-corrected chi connectivity index (χ3v) is 4.67. The molecule has 2 aromatic rings. The Morgan fingerprint density at radius 2 is 2.04 bits per heavy atom. The Kier molecular flexibility index (Phi) is 4.05. The van der Waals surface area contributed by atoms with Crippen LogP contribution in [0.2, 0.25) is 0 Å². The largest absolute Gasteiger partial charge is 0.368 e. The molecule has 0 unspecified atom stereocenters. The molecule has 0 aliphatic carbocycles. The average Bonchev–Trinajstić information content (AvgIpc) is 3.12. The molecule has 0 aromatic heterocycles. The van der Waals surface area contributed by atoms with Crippen molar-refractivity contribution in [3.63, 3.8) is 0 Å². The van der Waals surface area contributed by atoms with Crippen LogP contribution in [0.1, 0.15) is 12.5 Å². The number of nitrogens with zero attached hydrogens (tertiary/aromatic N) is 1. The van der Waals surface area contributed by atoms with Crippen molar-refractivity contribution in [3.05, 3.63) is 52.9 Å². The molecule has 2 aliphatic rings. The zero-order chi connectivity index (χ0) is 16.6. The number of benzene rings is 2. The van der Waals surface area contributed by atoms with Crippen molar-refractivity contribution in [2.45, 2.75) is 37.6 Å². The number of rotatable bonds is 5. The van der Waals surface area contributed by atoms with Gasteiger partial charge in [0.2, 0.25) is 0 Å². The summed E-state index contributed by atoms with van der Waals surface area (Å²) in [5, 5.41) is 5.35. The van der Waals surface area contributed by atoms with E-state index in [1.807, 2.05) is 25.1 Å². The molecule has 2 heterocycles. The van der Waals surface area contributed by atoms with E-state index in [-0.39, 0.29) is 19.4 Å². The first-order chi connectivity index (χ1) is 11.7. The molecule has 2 aromatic carbocycles. The lowest BCUT2D eigenvalue weighted by atomic mass is 9.97. The molecule has 2 fully saturated rings. The molecule has 0 saturated carbocycles. The maximum atomic E-state index is 10.8. The summed E-state index contributed by atoms with van der Waals surface area (Å²) in [5.74, 6) is 0. The van der Waals surface area contributed by atoms with Crippen molar-refractivity contribution >= 4 is 10.8 Å². The van der Waals surface area contributed by atoms with Crippen LogP contribution in [-0.4, -0.2) is 37.4 Å². The highest BCUT2D eigenvalue weighted by Gasteiger charge is 2.57. The van der Waals surface area contributed by atoms with Gasteiger partial charge < -0.3 is 18.9 Å². The fourth-order valence-electron chi connectivity index (χ4n) is 3.41. The molecule has 0 spiro atoms. The van der Waals surface area contributed by atoms with Crippen LogP contribution < -0.4 is 0 Å². The van der Waals surface area contributed by atoms with Crippen molar-refractivity contribution in [2.24, 2.45) is 5.18 Å². The standard InChI is InChI=1S/C18H19NO5/c1-18(10-19-20)16(15-17(24-18)23-11-22-15)21-9-12-6-7-13-4-2-3-5-14(13)8-12/h2-8,15-17H,9-11H2,1H3/t15-,16+,17+,18-/m1/s1. The molecule has 2 saturated heterocycles. The Balaban J connectivity index is 1.52. The van der Waals surface area contributed by atoms with E-state index in [1.54, 1.807) is 0 Å². The predicted molar refractivity (Wildman–Crippen MR) is 87.3 cm³/mol. The summed E-state index contributed by atoms with van der Waals surface area (Å²) in [4.78, 5) is 10.8. The monoisotopic (exact) mass is 329 g/mol. The highest BCUT2D eigenvalue weighted by molar-refractivity contribution is 5.82. The van der Waals surface area contributed by atoms with Crippen LogP contribution in [0.25, 0.3) is 10.8 Å².